The molecule has 1 aromatic rings. The summed E-state index contributed by atoms with van der Waals surface area (Å²) in [6.07, 6.45) is -0.395. The summed E-state index contributed by atoms with van der Waals surface area (Å²) in [5.41, 5.74) is -0.258. The Bertz CT molecular complexity index is 807. The van der Waals surface area contributed by atoms with Crippen LogP contribution in [0.3, 0.4) is 0 Å². The third-order valence-electron chi connectivity index (χ3n) is 4.08. The standard InChI is InChI=1S/C18H27N3O5S/c1-18(2,3)26-17(23)21-11-9-20(10-12-21)16(22)14-7-6-8-15(13-14)27(24,25)19(4)5/h6-8,13H,9-12H2,1-5H3. The quantitative estimate of drug-likeness (QED) is 0.774. The summed E-state index contributed by atoms with van der Waals surface area (Å²) in [5.74, 6) is -0.255. The SMILES string of the molecule is CN(C)S(=O)(=O)c1cccc(C(=O)N2CCN(C(=O)OC(C)(C)C)CC2)c1. The molecule has 9 heteroatoms. The maximum absolute atomic E-state index is 12.7. The highest BCUT2D eigenvalue weighted by Gasteiger charge is 2.28. The Morgan fingerprint density at radius 1 is 1.04 bits per heavy atom. The van der Waals surface area contributed by atoms with Gasteiger partial charge in [0.25, 0.3) is 5.91 Å². The molecule has 1 heterocycles. The van der Waals surface area contributed by atoms with Gasteiger partial charge in [-0.2, -0.15) is 0 Å². The fraction of sp³-hybridized carbons (Fsp3) is 0.556. The van der Waals surface area contributed by atoms with Crippen molar-refractivity contribution in [2.45, 2.75) is 31.3 Å². The van der Waals surface area contributed by atoms with Crippen LogP contribution in [0.25, 0.3) is 0 Å². The molecule has 1 saturated heterocycles. The molecule has 1 aliphatic rings. The molecule has 0 unspecified atom stereocenters. The van der Waals surface area contributed by atoms with Crippen molar-refractivity contribution >= 4 is 22.0 Å². The topological polar surface area (TPSA) is 87.2 Å². The molecule has 27 heavy (non-hydrogen) atoms. The normalized spacial score (nSPS) is 15.8. The van der Waals surface area contributed by atoms with Crippen molar-refractivity contribution in [1.29, 1.82) is 0 Å². The molecular weight excluding hydrogens is 370 g/mol. The van der Waals surface area contributed by atoms with E-state index in [9.17, 15) is 18.0 Å². The van der Waals surface area contributed by atoms with Gasteiger partial charge in [-0.3, -0.25) is 4.79 Å². The van der Waals surface area contributed by atoms with Crippen molar-refractivity contribution < 1.29 is 22.7 Å². The molecule has 0 saturated carbocycles. The molecule has 2 rings (SSSR count). The van der Waals surface area contributed by atoms with Crippen molar-refractivity contribution in [2.75, 3.05) is 40.3 Å². The second kappa shape index (κ2) is 7.85. The number of hydrogen-bond donors (Lipinski definition) is 0. The molecule has 1 fully saturated rings. The molecule has 0 atom stereocenters. The van der Waals surface area contributed by atoms with Gasteiger partial charge in [-0.25, -0.2) is 17.5 Å². The van der Waals surface area contributed by atoms with E-state index in [0.717, 1.165) is 4.31 Å². The summed E-state index contributed by atoms with van der Waals surface area (Å²) in [6, 6.07) is 6.00. The van der Waals surface area contributed by atoms with E-state index in [-0.39, 0.29) is 10.8 Å². The number of carbonyl (C=O) groups is 2. The fourth-order valence-electron chi connectivity index (χ4n) is 2.60. The summed E-state index contributed by atoms with van der Waals surface area (Å²) in [4.78, 5) is 28.1. The number of carbonyl (C=O) groups excluding carboxylic acids is 2. The largest absolute Gasteiger partial charge is 0.444 e. The minimum atomic E-state index is -3.61. The van der Waals surface area contributed by atoms with E-state index < -0.39 is 21.7 Å². The van der Waals surface area contributed by atoms with Gasteiger partial charge in [0.1, 0.15) is 5.60 Å². The van der Waals surface area contributed by atoms with E-state index in [1.54, 1.807) is 42.7 Å². The lowest BCUT2D eigenvalue weighted by Gasteiger charge is -2.35. The number of nitrogens with zero attached hydrogens (tertiary/aromatic N) is 3. The van der Waals surface area contributed by atoms with Crippen molar-refractivity contribution in [3.8, 4) is 0 Å². The van der Waals surface area contributed by atoms with E-state index in [4.69, 9.17) is 4.74 Å². The van der Waals surface area contributed by atoms with Gasteiger partial charge >= 0.3 is 6.09 Å². The lowest BCUT2D eigenvalue weighted by molar-refractivity contribution is 0.0141. The summed E-state index contributed by atoms with van der Waals surface area (Å²) in [5, 5.41) is 0. The number of hydrogen-bond acceptors (Lipinski definition) is 5. The van der Waals surface area contributed by atoms with Gasteiger partial charge in [0.2, 0.25) is 10.0 Å². The molecule has 0 aromatic heterocycles. The van der Waals surface area contributed by atoms with Gasteiger partial charge < -0.3 is 14.5 Å². The molecule has 0 spiro atoms. The Morgan fingerprint density at radius 3 is 2.11 bits per heavy atom. The number of piperazine rings is 1. The molecule has 150 valence electrons. The summed E-state index contributed by atoms with van der Waals surface area (Å²) in [7, 11) is -0.720. The zero-order valence-electron chi connectivity index (χ0n) is 16.4. The third kappa shape index (κ3) is 5.20. The van der Waals surface area contributed by atoms with E-state index in [1.807, 2.05) is 0 Å². The highest BCUT2D eigenvalue weighted by Crippen LogP contribution is 2.18. The first-order valence-electron chi connectivity index (χ1n) is 8.71. The molecule has 1 aliphatic heterocycles. The van der Waals surface area contributed by atoms with Crippen LogP contribution >= 0.6 is 0 Å². The molecule has 2 amide bonds. The minimum absolute atomic E-state index is 0.0748. The average molecular weight is 397 g/mol. The van der Waals surface area contributed by atoms with Crippen molar-refractivity contribution in [3.63, 3.8) is 0 Å². The van der Waals surface area contributed by atoms with Crippen LogP contribution in [0.1, 0.15) is 31.1 Å². The van der Waals surface area contributed by atoms with E-state index in [2.05, 4.69) is 0 Å². The highest BCUT2D eigenvalue weighted by molar-refractivity contribution is 7.89. The van der Waals surface area contributed by atoms with E-state index in [0.29, 0.717) is 31.7 Å². The van der Waals surface area contributed by atoms with Gasteiger partial charge in [0.15, 0.2) is 0 Å². The van der Waals surface area contributed by atoms with Crippen LogP contribution in [-0.2, 0) is 14.8 Å². The summed E-state index contributed by atoms with van der Waals surface area (Å²) in [6.45, 7) is 6.89. The Hall–Kier alpha value is -2.13. The minimum Gasteiger partial charge on any atom is -0.444 e. The van der Waals surface area contributed by atoms with Gasteiger partial charge in [-0.05, 0) is 39.0 Å². The average Bonchev–Trinajstić information content (AvgIpc) is 2.59. The molecule has 0 bridgehead atoms. The predicted molar refractivity (Wildman–Crippen MR) is 101 cm³/mol. The first-order chi connectivity index (χ1) is 12.4. The number of ether oxygens (including phenoxy) is 1. The lowest BCUT2D eigenvalue weighted by atomic mass is 10.2. The molecule has 0 radical (unpaired) electrons. The van der Waals surface area contributed by atoms with Crippen LogP contribution in [0.5, 0.6) is 0 Å². The Labute approximate surface area is 160 Å². The van der Waals surface area contributed by atoms with Crippen molar-refractivity contribution in [2.24, 2.45) is 0 Å². The van der Waals surface area contributed by atoms with E-state index >= 15 is 0 Å². The maximum Gasteiger partial charge on any atom is 0.410 e. The second-order valence-corrected chi connectivity index (χ2v) is 9.73. The third-order valence-corrected chi connectivity index (χ3v) is 5.89. The van der Waals surface area contributed by atoms with Crippen LogP contribution < -0.4 is 0 Å². The number of benzene rings is 1. The Morgan fingerprint density at radius 2 is 1.59 bits per heavy atom. The summed E-state index contributed by atoms with van der Waals surface area (Å²) < 4.78 is 31.0. The first kappa shape index (κ1) is 21.2. The molecule has 1 aromatic carbocycles. The van der Waals surface area contributed by atoms with Gasteiger partial charge in [-0.1, -0.05) is 6.07 Å². The van der Waals surface area contributed by atoms with Crippen LogP contribution in [-0.4, -0.2) is 80.4 Å². The van der Waals surface area contributed by atoms with E-state index in [1.165, 1.54) is 26.2 Å². The van der Waals surface area contributed by atoms with Crippen molar-refractivity contribution in [3.05, 3.63) is 29.8 Å². The number of rotatable bonds is 3. The zero-order valence-corrected chi connectivity index (χ0v) is 17.2. The number of sulfonamides is 1. The van der Waals surface area contributed by atoms with Crippen LogP contribution in [0, 0.1) is 0 Å². The van der Waals surface area contributed by atoms with Crippen LogP contribution in [0.15, 0.2) is 29.2 Å². The molecule has 0 N–H and O–H groups in total. The monoisotopic (exact) mass is 397 g/mol. The smallest absolute Gasteiger partial charge is 0.410 e. The first-order valence-corrected chi connectivity index (χ1v) is 10.2. The fourth-order valence-corrected chi connectivity index (χ4v) is 3.55. The Balaban J connectivity index is 2.05. The molecular formula is C18H27N3O5S. The number of amides is 2. The van der Waals surface area contributed by atoms with Crippen LogP contribution in [0.2, 0.25) is 0 Å². The zero-order chi connectivity index (χ0) is 20.4. The van der Waals surface area contributed by atoms with Gasteiger partial charge in [-0.15, -0.1) is 0 Å². The molecule has 0 aliphatic carbocycles. The lowest BCUT2D eigenvalue weighted by Crippen LogP contribution is -2.51. The predicted octanol–water partition coefficient (Wildman–Crippen LogP) is 1.63. The highest BCUT2D eigenvalue weighted by atomic mass is 32.2. The van der Waals surface area contributed by atoms with Gasteiger partial charge in [0.05, 0.1) is 4.90 Å². The summed E-state index contributed by atoms with van der Waals surface area (Å²) >= 11 is 0. The van der Waals surface area contributed by atoms with Gasteiger partial charge in [0, 0.05) is 45.8 Å². The van der Waals surface area contributed by atoms with Crippen LogP contribution in [0.4, 0.5) is 4.79 Å². The second-order valence-electron chi connectivity index (χ2n) is 7.57. The maximum atomic E-state index is 12.7. The van der Waals surface area contributed by atoms with Crippen molar-refractivity contribution in [1.82, 2.24) is 14.1 Å². The molecule has 8 nitrogen and oxygen atoms in total. The Kier molecular flexibility index (Phi) is 6.16.